The first kappa shape index (κ1) is 28.6. The number of halogens is 4. The van der Waals surface area contributed by atoms with E-state index in [1.54, 1.807) is 24.3 Å². The molecule has 6 N–H and O–H groups in total. The number of aromatic nitrogens is 3. The first-order valence-corrected chi connectivity index (χ1v) is 13.9. The van der Waals surface area contributed by atoms with E-state index in [4.69, 9.17) is 11.5 Å². The molecule has 6 rings (SSSR count). The van der Waals surface area contributed by atoms with E-state index in [-0.39, 0.29) is 22.9 Å². The fourth-order valence-corrected chi connectivity index (χ4v) is 5.41. The largest absolute Gasteiger partial charge is 0.435 e. The fraction of sp³-hybridized carbons (Fsp3) is 0.250. The molecule has 0 spiro atoms. The summed E-state index contributed by atoms with van der Waals surface area (Å²) < 4.78 is 57.4. The van der Waals surface area contributed by atoms with Gasteiger partial charge in [0.05, 0.1) is 22.6 Å². The quantitative estimate of drug-likeness (QED) is 0.113. The van der Waals surface area contributed by atoms with E-state index in [2.05, 4.69) is 15.4 Å². The molecule has 1 aliphatic carbocycles. The Balaban J connectivity index is 1.37. The zero-order chi connectivity index (χ0) is 30.4. The third-order valence-corrected chi connectivity index (χ3v) is 8.04. The maximum atomic E-state index is 15.2. The van der Waals surface area contributed by atoms with Crippen LogP contribution in [-0.2, 0) is 11.7 Å². The summed E-state index contributed by atoms with van der Waals surface area (Å²) in [5.41, 5.74) is 12.1. The Morgan fingerprint density at radius 2 is 1.74 bits per heavy atom. The molecule has 0 radical (unpaired) electrons. The van der Waals surface area contributed by atoms with E-state index in [1.165, 1.54) is 24.4 Å². The molecule has 7 nitrogen and oxygen atoms in total. The molecule has 3 aromatic carbocycles. The second kappa shape index (κ2) is 11.0. The number of aliphatic hydroxyl groups excluding tert-OH is 1. The maximum absolute atomic E-state index is 15.2. The predicted octanol–water partition coefficient (Wildman–Crippen LogP) is 6.66. The third-order valence-electron chi connectivity index (χ3n) is 8.04. The lowest BCUT2D eigenvalue weighted by Gasteiger charge is -2.32. The number of nitrogens with zero attached hydrogens (tertiary/aromatic N) is 3. The lowest BCUT2D eigenvalue weighted by molar-refractivity contribution is -0.141. The Hall–Kier alpha value is -4.48. The molecule has 2 heterocycles. The number of nitrogens with one attached hydrogen (secondary N) is 1. The molecule has 1 aliphatic rings. The fourth-order valence-electron chi connectivity index (χ4n) is 5.41. The van der Waals surface area contributed by atoms with Crippen LogP contribution in [0.1, 0.15) is 54.4 Å². The van der Waals surface area contributed by atoms with Crippen LogP contribution in [0.25, 0.3) is 16.5 Å². The zero-order valence-corrected chi connectivity index (χ0v) is 23.0. The minimum Gasteiger partial charge on any atom is -0.383 e. The van der Waals surface area contributed by atoms with Gasteiger partial charge in [-0.05, 0) is 71.7 Å². The van der Waals surface area contributed by atoms with Crippen molar-refractivity contribution in [2.75, 3.05) is 11.1 Å². The van der Waals surface area contributed by atoms with Crippen molar-refractivity contribution in [1.29, 1.82) is 0 Å². The average molecular weight is 591 g/mol. The predicted molar refractivity (Wildman–Crippen MR) is 157 cm³/mol. The van der Waals surface area contributed by atoms with Gasteiger partial charge in [-0.1, -0.05) is 55.3 Å². The number of hydrogen-bond donors (Lipinski definition) is 4. The van der Waals surface area contributed by atoms with Gasteiger partial charge in [-0.15, -0.1) is 0 Å². The minimum atomic E-state index is -4.79. The lowest BCUT2D eigenvalue weighted by atomic mass is 9.79. The Morgan fingerprint density at radius 3 is 2.47 bits per heavy atom. The van der Waals surface area contributed by atoms with Crippen molar-refractivity contribution in [3.05, 3.63) is 113 Å². The number of benzene rings is 3. The van der Waals surface area contributed by atoms with Crippen LogP contribution >= 0.6 is 0 Å². The molecule has 2 aromatic heterocycles. The van der Waals surface area contributed by atoms with Gasteiger partial charge >= 0.3 is 6.18 Å². The minimum absolute atomic E-state index is 0.115. The van der Waals surface area contributed by atoms with Crippen molar-refractivity contribution in [3.8, 4) is 5.69 Å². The summed E-state index contributed by atoms with van der Waals surface area (Å²) in [6.07, 6.45) is -1.21. The van der Waals surface area contributed by atoms with Crippen LogP contribution in [0.5, 0.6) is 0 Å². The molecular weight excluding hydrogens is 560 g/mol. The highest BCUT2D eigenvalue weighted by atomic mass is 19.4. The topological polar surface area (TPSA) is 115 Å². The van der Waals surface area contributed by atoms with Crippen LogP contribution in [0.2, 0.25) is 0 Å². The van der Waals surface area contributed by atoms with Crippen LogP contribution in [0.15, 0.2) is 85.1 Å². The summed E-state index contributed by atoms with van der Waals surface area (Å²) >= 11 is 0. The second-order valence-corrected chi connectivity index (χ2v) is 11.0. The monoisotopic (exact) mass is 590 g/mol. The standard InChI is InChI=1S/C32H30F4N6O/c33-25-11-9-22(31(38,14-12-19-6-7-19)21-4-2-1-3-5-21)16-26(25)40-30(43)27-18-28(32(34,35)36)41-42(27)23-10-8-20-13-15-39-29(37)24(20)17-23/h1-5,8-11,13,15-19,30,40,43H,6-7,12,14,38H2,(H2,37,39). The zero-order valence-electron chi connectivity index (χ0n) is 23.0. The van der Waals surface area contributed by atoms with E-state index in [0.717, 1.165) is 41.0 Å². The molecule has 5 aromatic rings. The van der Waals surface area contributed by atoms with E-state index in [0.29, 0.717) is 23.3 Å². The summed E-state index contributed by atoms with van der Waals surface area (Å²) in [4.78, 5) is 4.04. The number of nitrogens with two attached hydrogens (primary N) is 2. The Kier molecular flexibility index (Phi) is 7.31. The van der Waals surface area contributed by atoms with E-state index < -0.39 is 29.5 Å². The number of aliphatic hydroxyl groups is 1. The smallest absolute Gasteiger partial charge is 0.383 e. The van der Waals surface area contributed by atoms with Gasteiger partial charge in [-0.2, -0.15) is 18.3 Å². The number of alkyl halides is 3. The maximum Gasteiger partial charge on any atom is 0.435 e. The van der Waals surface area contributed by atoms with Gasteiger partial charge in [-0.25, -0.2) is 14.1 Å². The van der Waals surface area contributed by atoms with Gasteiger partial charge in [-0.3, -0.25) is 0 Å². The van der Waals surface area contributed by atoms with Crippen molar-refractivity contribution < 1.29 is 22.7 Å². The van der Waals surface area contributed by atoms with Gasteiger partial charge in [0, 0.05) is 11.6 Å². The van der Waals surface area contributed by atoms with Crippen molar-refractivity contribution in [2.24, 2.45) is 11.7 Å². The summed E-state index contributed by atoms with van der Waals surface area (Å²) in [5.74, 6) is 0.0926. The Labute approximate surface area is 245 Å². The highest BCUT2D eigenvalue weighted by Gasteiger charge is 2.37. The van der Waals surface area contributed by atoms with E-state index >= 15 is 4.39 Å². The van der Waals surface area contributed by atoms with Crippen molar-refractivity contribution in [1.82, 2.24) is 14.8 Å². The van der Waals surface area contributed by atoms with Crippen molar-refractivity contribution >= 4 is 22.3 Å². The molecule has 222 valence electrons. The summed E-state index contributed by atoms with van der Waals surface area (Å²) in [6, 6.07) is 21.0. The van der Waals surface area contributed by atoms with Crippen LogP contribution in [0.4, 0.5) is 29.1 Å². The molecule has 0 saturated heterocycles. The molecule has 0 bridgehead atoms. The average Bonchev–Trinajstić information content (AvgIpc) is 3.71. The molecule has 0 amide bonds. The van der Waals surface area contributed by atoms with Gasteiger partial charge in [0.25, 0.3) is 0 Å². The normalized spacial score (nSPS) is 15.8. The first-order valence-electron chi connectivity index (χ1n) is 13.9. The molecule has 0 aliphatic heterocycles. The van der Waals surface area contributed by atoms with E-state index in [9.17, 15) is 18.3 Å². The third kappa shape index (κ3) is 5.78. The summed E-state index contributed by atoms with van der Waals surface area (Å²) in [7, 11) is 0. The van der Waals surface area contributed by atoms with E-state index in [1.807, 2.05) is 30.3 Å². The Bertz CT molecular complexity index is 1770. The number of nitrogen functional groups attached to an aromatic ring is 1. The highest BCUT2D eigenvalue weighted by molar-refractivity contribution is 5.92. The summed E-state index contributed by atoms with van der Waals surface area (Å²) in [5, 5.41) is 18.8. The number of anilines is 2. The SMILES string of the molecule is Nc1nccc2ccc(-n3nc(C(F)(F)F)cc3C(O)Nc3cc(C(N)(CCC4CC4)c4ccccc4)ccc3F)cc12. The first-order chi connectivity index (χ1) is 20.5. The number of pyridine rings is 1. The van der Waals surface area contributed by atoms with Crippen molar-refractivity contribution in [3.63, 3.8) is 0 Å². The Morgan fingerprint density at radius 1 is 0.977 bits per heavy atom. The van der Waals surface area contributed by atoms with Crippen LogP contribution < -0.4 is 16.8 Å². The second-order valence-electron chi connectivity index (χ2n) is 11.0. The molecule has 11 heteroatoms. The molecule has 1 fully saturated rings. The van der Waals surface area contributed by atoms with Crippen molar-refractivity contribution in [2.45, 2.75) is 43.6 Å². The van der Waals surface area contributed by atoms with Crippen LogP contribution in [0.3, 0.4) is 0 Å². The molecule has 43 heavy (non-hydrogen) atoms. The van der Waals surface area contributed by atoms with Gasteiger partial charge < -0.3 is 21.9 Å². The number of rotatable bonds is 9. The summed E-state index contributed by atoms with van der Waals surface area (Å²) in [6.45, 7) is 0. The van der Waals surface area contributed by atoms with Gasteiger partial charge in [0.1, 0.15) is 11.6 Å². The molecule has 2 unspecified atom stereocenters. The van der Waals surface area contributed by atoms with Crippen LogP contribution in [-0.4, -0.2) is 19.9 Å². The van der Waals surface area contributed by atoms with Crippen LogP contribution in [0, 0.1) is 11.7 Å². The molecule has 1 saturated carbocycles. The molecule has 2 atom stereocenters. The number of fused-ring (bicyclic) bond motifs is 1. The molecular formula is C32H30F4N6O. The van der Waals surface area contributed by atoms with Gasteiger partial charge in [0.15, 0.2) is 11.9 Å². The van der Waals surface area contributed by atoms with Gasteiger partial charge in [0.2, 0.25) is 0 Å². The number of hydrogen-bond acceptors (Lipinski definition) is 6. The highest BCUT2D eigenvalue weighted by Crippen LogP contribution is 2.41. The lowest BCUT2D eigenvalue weighted by Crippen LogP contribution is -2.38.